The number of amides is 1. The molecule has 7 heteroatoms. The van der Waals surface area contributed by atoms with Gasteiger partial charge >= 0.3 is 5.97 Å². The maximum atomic E-state index is 13.4. The molecule has 0 spiro atoms. The molecule has 166 valence electrons. The van der Waals surface area contributed by atoms with Crippen LogP contribution in [0.15, 0.2) is 30.3 Å². The summed E-state index contributed by atoms with van der Waals surface area (Å²) in [5.74, 6) is -0.996. The van der Waals surface area contributed by atoms with Crippen molar-refractivity contribution in [3.05, 3.63) is 35.9 Å². The zero-order valence-corrected chi connectivity index (χ0v) is 21.4. The van der Waals surface area contributed by atoms with Crippen molar-refractivity contribution in [2.24, 2.45) is 17.3 Å². The maximum Gasteiger partial charge on any atom is 0.325 e. The van der Waals surface area contributed by atoms with Crippen molar-refractivity contribution in [3.8, 4) is 0 Å². The standard InChI is InChI=1S/C23H35NO4SSi/c1-15(20(29)16-12-10-9-11-13-16)19-18(21(26)24(19)14-17(25)27-6)23(5,22(2,3)4)28-30(7)8/h9-13,15,18-19,30H,14H2,1-8H3/t15-,18+,19+,23+/m0/s1. The molecule has 1 aliphatic rings. The second-order valence-corrected chi connectivity index (χ2v) is 12.3. The van der Waals surface area contributed by atoms with Crippen LogP contribution in [0.25, 0.3) is 0 Å². The molecule has 1 aliphatic heterocycles. The number of nitrogens with zero attached hydrogens (tertiary/aromatic N) is 1. The maximum absolute atomic E-state index is 13.4. The SMILES string of the molecule is COC(=O)CN1C(=O)[C@H]([C@@](C)(O[SiH](C)C)C(C)(C)C)[C@H]1[C@H](C)C(=S)c1ccccc1. The molecule has 1 heterocycles. The highest BCUT2D eigenvalue weighted by Crippen LogP contribution is 2.49. The molecule has 0 N–H and O–H groups in total. The molecule has 0 aromatic heterocycles. The van der Waals surface area contributed by atoms with Gasteiger partial charge in [-0.2, -0.15) is 0 Å². The molecule has 1 fully saturated rings. The Hall–Kier alpha value is -1.57. The van der Waals surface area contributed by atoms with Crippen LogP contribution >= 0.6 is 12.2 Å². The third-order valence-electron chi connectivity index (χ3n) is 6.32. The van der Waals surface area contributed by atoms with Crippen molar-refractivity contribution in [1.29, 1.82) is 0 Å². The number of esters is 1. The summed E-state index contributed by atoms with van der Waals surface area (Å²) in [6.07, 6.45) is 0. The van der Waals surface area contributed by atoms with Crippen LogP contribution in [0.1, 0.15) is 40.2 Å². The molecule has 0 aliphatic carbocycles. The number of benzene rings is 1. The first-order valence-corrected chi connectivity index (χ1v) is 13.7. The highest BCUT2D eigenvalue weighted by atomic mass is 32.1. The van der Waals surface area contributed by atoms with Crippen molar-refractivity contribution < 1.29 is 18.8 Å². The number of carbonyl (C=O) groups excluding carboxylic acids is 2. The van der Waals surface area contributed by atoms with Gasteiger partial charge in [0.2, 0.25) is 5.91 Å². The largest absolute Gasteiger partial charge is 0.468 e. The lowest BCUT2D eigenvalue weighted by Gasteiger charge is -2.60. The third-order valence-corrected chi connectivity index (χ3v) is 7.89. The summed E-state index contributed by atoms with van der Waals surface area (Å²) in [6, 6.07) is 9.60. The van der Waals surface area contributed by atoms with E-state index in [4.69, 9.17) is 21.4 Å². The molecule has 0 bridgehead atoms. The average molecular weight is 450 g/mol. The number of methoxy groups -OCH3 is 1. The van der Waals surface area contributed by atoms with Gasteiger partial charge in [0.15, 0.2) is 9.04 Å². The van der Waals surface area contributed by atoms with Gasteiger partial charge in [0.25, 0.3) is 0 Å². The smallest absolute Gasteiger partial charge is 0.325 e. The predicted molar refractivity (Wildman–Crippen MR) is 126 cm³/mol. The van der Waals surface area contributed by atoms with E-state index >= 15 is 0 Å². The van der Waals surface area contributed by atoms with E-state index in [0.29, 0.717) is 0 Å². The number of thiocarbonyl (C=S) groups is 1. The average Bonchev–Trinajstić information content (AvgIpc) is 2.67. The Balaban J connectivity index is 2.48. The lowest BCUT2D eigenvalue weighted by Crippen LogP contribution is -2.74. The zero-order chi connectivity index (χ0) is 22.9. The fraction of sp³-hybridized carbons (Fsp3) is 0.609. The predicted octanol–water partition coefficient (Wildman–Crippen LogP) is 3.85. The minimum atomic E-state index is -1.45. The highest BCUT2D eigenvalue weighted by molar-refractivity contribution is 7.80. The fourth-order valence-electron chi connectivity index (χ4n) is 4.30. The van der Waals surface area contributed by atoms with Crippen molar-refractivity contribution in [2.75, 3.05) is 13.7 Å². The highest BCUT2D eigenvalue weighted by Gasteiger charge is 2.62. The van der Waals surface area contributed by atoms with E-state index in [1.807, 2.05) is 44.2 Å². The van der Waals surface area contributed by atoms with E-state index in [1.165, 1.54) is 7.11 Å². The van der Waals surface area contributed by atoms with Crippen molar-refractivity contribution in [3.63, 3.8) is 0 Å². The summed E-state index contributed by atoms with van der Waals surface area (Å²) in [4.78, 5) is 27.8. The molecule has 0 radical (unpaired) electrons. The molecule has 1 aromatic rings. The monoisotopic (exact) mass is 449 g/mol. The molecule has 5 nitrogen and oxygen atoms in total. The van der Waals surface area contributed by atoms with Gasteiger partial charge in [-0.15, -0.1) is 0 Å². The Bertz CT molecular complexity index is 792. The Morgan fingerprint density at radius 1 is 1.20 bits per heavy atom. The van der Waals surface area contributed by atoms with E-state index in [1.54, 1.807) is 4.90 Å². The molecule has 0 saturated carbocycles. The van der Waals surface area contributed by atoms with Gasteiger partial charge < -0.3 is 14.1 Å². The Morgan fingerprint density at radius 2 is 1.77 bits per heavy atom. The van der Waals surface area contributed by atoms with Gasteiger partial charge in [0.05, 0.1) is 24.7 Å². The summed E-state index contributed by atoms with van der Waals surface area (Å²) in [5, 5.41) is 0. The molecular weight excluding hydrogens is 414 g/mol. The fourth-order valence-corrected chi connectivity index (χ4v) is 6.06. The summed E-state index contributed by atoms with van der Waals surface area (Å²) in [6.45, 7) is 14.6. The van der Waals surface area contributed by atoms with E-state index in [0.717, 1.165) is 10.4 Å². The van der Waals surface area contributed by atoms with Crippen LogP contribution in [0, 0.1) is 17.3 Å². The van der Waals surface area contributed by atoms with Gasteiger partial charge in [-0.3, -0.25) is 9.59 Å². The number of β-lactam (4-membered cyclic amide) rings is 1. The lowest BCUT2D eigenvalue weighted by atomic mass is 9.61. The number of hydrogen-bond donors (Lipinski definition) is 0. The van der Waals surface area contributed by atoms with Crippen molar-refractivity contribution in [1.82, 2.24) is 4.90 Å². The lowest BCUT2D eigenvalue weighted by molar-refractivity contribution is -0.191. The second-order valence-electron chi connectivity index (χ2n) is 9.55. The first kappa shape index (κ1) is 24.7. The van der Waals surface area contributed by atoms with Crippen LogP contribution in [0.3, 0.4) is 0 Å². The van der Waals surface area contributed by atoms with E-state index in [2.05, 4.69) is 33.9 Å². The minimum absolute atomic E-state index is 0.0693. The summed E-state index contributed by atoms with van der Waals surface area (Å²) < 4.78 is 11.4. The molecule has 1 amide bonds. The topological polar surface area (TPSA) is 55.8 Å². The number of hydrogen-bond acceptors (Lipinski definition) is 5. The molecule has 1 saturated heterocycles. The number of ether oxygens (including phenoxy) is 1. The summed E-state index contributed by atoms with van der Waals surface area (Å²) in [7, 11) is -0.115. The van der Waals surface area contributed by atoms with Crippen molar-refractivity contribution in [2.45, 2.75) is 59.4 Å². The summed E-state index contributed by atoms with van der Waals surface area (Å²) >= 11 is 5.82. The van der Waals surface area contributed by atoms with Gasteiger partial charge in [-0.1, -0.05) is 70.2 Å². The van der Waals surface area contributed by atoms with Gasteiger partial charge in [-0.05, 0) is 31.0 Å². The van der Waals surface area contributed by atoms with E-state index in [9.17, 15) is 9.59 Å². The van der Waals surface area contributed by atoms with Gasteiger partial charge in [-0.25, -0.2) is 0 Å². The number of rotatable bonds is 8. The molecule has 0 unspecified atom stereocenters. The second kappa shape index (κ2) is 9.28. The number of carbonyl (C=O) groups is 2. The first-order chi connectivity index (χ1) is 13.8. The van der Waals surface area contributed by atoms with Crippen LogP contribution in [-0.2, 0) is 18.8 Å². The molecule has 1 aromatic carbocycles. The van der Waals surface area contributed by atoms with Crippen LogP contribution in [-0.4, -0.2) is 56.0 Å². The first-order valence-electron chi connectivity index (χ1n) is 10.5. The molecular formula is C23H35NO4SSi. The van der Waals surface area contributed by atoms with Gasteiger partial charge in [0, 0.05) is 10.8 Å². The minimum Gasteiger partial charge on any atom is -0.468 e. The molecule has 4 atom stereocenters. The molecule has 2 rings (SSSR count). The number of likely N-dealkylation sites (tertiary alicyclic amines) is 1. The van der Waals surface area contributed by atoms with Crippen LogP contribution in [0.5, 0.6) is 0 Å². The Labute approximate surface area is 187 Å². The van der Waals surface area contributed by atoms with Crippen LogP contribution in [0.4, 0.5) is 0 Å². The van der Waals surface area contributed by atoms with Gasteiger partial charge in [0.1, 0.15) is 6.54 Å². The van der Waals surface area contributed by atoms with E-state index < -0.39 is 20.6 Å². The Kier molecular flexibility index (Phi) is 7.64. The normalized spacial score (nSPS) is 22.3. The quantitative estimate of drug-likeness (QED) is 0.198. The third kappa shape index (κ3) is 4.68. The summed E-state index contributed by atoms with van der Waals surface area (Å²) in [5.41, 5.74) is 0.0316. The van der Waals surface area contributed by atoms with Crippen LogP contribution in [0.2, 0.25) is 13.1 Å². The zero-order valence-electron chi connectivity index (χ0n) is 19.4. The molecule has 30 heavy (non-hydrogen) atoms. The Morgan fingerprint density at radius 3 is 2.23 bits per heavy atom. The van der Waals surface area contributed by atoms with E-state index in [-0.39, 0.29) is 35.7 Å². The van der Waals surface area contributed by atoms with Crippen LogP contribution < -0.4 is 0 Å². The van der Waals surface area contributed by atoms with Crippen molar-refractivity contribution >= 4 is 38.0 Å².